The van der Waals surface area contributed by atoms with E-state index in [9.17, 15) is 0 Å². The maximum absolute atomic E-state index is 8.86. The van der Waals surface area contributed by atoms with Gasteiger partial charge in [0.05, 0.1) is 19.8 Å². The highest BCUT2D eigenvalue weighted by Gasteiger charge is 2.24. The van der Waals surface area contributed by atoms with Crippen LogP contribution in [-0.2, 0) is 14.2 Å². The molecule has 1 rings (SSSR count). The normalized spacial score (nSPS) is 24.4. The zero-order valence-corrected chi connectivity index (χ0v) is 10.9. The van der Waals surface area contributed by atoms with Gasteiger partial charge in [-0.15, -0.1) is 0 Å². The molecule has 0 aromatic rings. The Morgan fingerprint density at radius 2 is 2.00 bits per heavy atom. The molecule has 1 N–H and O–H groups in total. The topological polar surface area (TPSA) is 47.9 Å². The molecule has 0 unspecified atom stereocenters. The fourth-order valence-corrected chi connectivity index (χ4v) is 1.84. The van der Waals surface area contributed by atoms with E-state index in [4.69, 9.17) is 19.3 Å². The van der Waals surface area contributed by atoms with E-state index in [2.05, 4.69) is 6.92 Å². The van der Waals surface area contributed by atoms with Gasteiger partial charge < -0.3 is 19.3 Å². The average Bonchev–Trinajstić information content (AvgIpc) is 2.80. The molecule has 0 saturated carbocycles. The maximum Gasteiger partial charge on any atom is 0.160 e. The van der Waals surface area contributed by atoms with E-state index in [1.54, 1.807) is 0 Å². The van der Waals surface area contributed by atoms with Gasteiger partial charge in [-0.05, 0) is 6.42 Å². The summed E-state index contributed by atoms with van der Waals surface area (Å²) >= 11 is 0. The lowest BCUT2D eigenvalue weighted by atomic mass is 10.2. The number of hydrogen-bond donors (Lipinski definition) is 1. The van der Waals surface area contributed by atoms with Gasteiger partial charge in [0.25, 0.3) is 0 Å². The quantitative estimate of drug-likeness (QED) is 0.600. The number of aliphatic hydroxyl groups excluding tert-OH is 1. The standard InChI is InChI=1S/C13H26O4/c1-2-3-4-5-6-8-15-9-7-13-16-11-12(10-14)17-13/h12-14H,2-11H2,1H3/t12-,13+/m1/s1. The number of unbranched alkanes of at least 4 members (excludes halogenated alkanes) is 4. The second kappa shape index (κ2) is 9.83. The van der Waals surface area contributed by atoms with Crippen LogP contribution in [0.25, 0.3) is 0 Å². The van der Waals surface area contributed by atoms with Gasteiger partial charge in [-0.2, -0.15) is 0 Å². The lowest BCUT2D eigenvalue weighted by Gasteiger charge is -2.10. The van der Waals surface area contributed by atoms with Gasteiger partial charge in [-0.25, -0.2) is 0 Å². The average molecular weight is 246 g/mol. The molecular formula is C13H26O4. The van der Waals surface area contributed by atoms with Crippen molar-refractivity contribution in [1.82, 2.24) is 0 Å². The molecule has 0 bridgehead atoms. The Morgan fingerprint density at radius 1 is 1.18 bits per heavy atom. The zero-order valence-electron chi connectivity index (χ0n) is 10.9. The van der Waals surface area contributed by atoms with Crippen LogP contribution in [0.4, 0.5) is 0 Å². The molecule has 0 aliphatic carbocycles. The van der Waals surface area contributed by atoms with Gasteiger partial charge in [0.2, 0.25) is 0 Å². The first-order valence-electron chi connectivity index (χ1n) is 6.82. The molecule has 0 spiro atoms. The van der Waals surface area contributed by atoms with Gasteiger partial charge in [-0.1, -0.05) is 32.6 Å². The van der Waals surface area contributed by atoms with Gasteiger partial charge in [0.15, 0.2) is 6.29 Å². The monoisotopic (exact) mass is 246 g/mol. The van der Waals surface area contributed by atoms with Crippen LogP contribution in [0.2, 0.25) is 0 Å². The Labute approximate surface area is 104 Å². The van der Waals surface area contributed by atoms with Crippen LogP contribution in [0.5, 0.6) is 0 Å². The Balaban J connectivity index is 1.81. The molecule has 0 aromatic carbocycles. The summed E-state index contributed by atoms with van der Waals surface area (Å²) in [4.78, 5) is 0. The highest BCUT2D eigenvalue weighted by Crippen LogP contribution is 2.14. The molecular weight excluding hydrogens is 220 g/mol. The van der Waals surface area contributed by atoms with Crippen molar-refractivity contribution >= 4 is 0 Å². The second-order valence-corrected chi connectivity index (χ2v) is 4.52. The number of ether oxygens (including phenoxy) is 3. The number of hydrogen-bond acceptors (Lipinski definition) is 4. The van der Waals surface area contributed by atoms with Crippen molar-refractivity contribution in [1.29, 1.82) is 0 Å². The van der Waals surface area contributed by atoms with E-state index in [0.717, 1.165) is 19.4 Å². The lowest BCUT2D eigenvalue weighted by Crippen LogP contribution is -2.17. The Morgan fingerprint density at radius 3 is 2.71 bits per heavy atom. The summed E-state index contributed by atoms with van der Waals surface area (Å²) < 4.78 is 16.3. The third-order valence-electron chi connectivity index (χ3n) is 2.91. The summed E-state index contributed by atoms with van der Waals surface area (Å²) in [5, 5.41) is 8.86. The molecule has 1 fully saturated rings. The van der Waals surface area contributed by atoms with Crippen LogP contribution in [0, 0.1) is 0 Å². The van der Waals surface area contributed by atoms with Gasteiger partial charge in [0.1, 0.15) is 6.10 Å². The van der Waals surface area contributed by atoms with Crippen LogP contribution >= 0.6 is 0 Å². The van der Waals surface area contributed by atoms with Crippen LogP contribution in [-0.4, -0.2) is 43.9 Å². The summed E-state index contributed by atoms with van der Waals surface area (Å²) in [6.45, 7) is 4.27. The largest absolute Gasteiger partial charge is 0.394 e. The van der Waals surface area contributed by atoms with Gasteiger partial charge >= 0.3 is 0 Å². The second-order valence-electron chi connectivity index (χ2n) is 4.52. The zero-order chi connectivity index (χ0) is 12.3. The molecule has 0 radical (unpaired) electrons. The van der Waals surface area contributed by atoms with Crippen molar-refractivity contribution in [2.24, 2.45) is 0 Å². The maximum atomic E-state index is 8.86. The molecule has 1 aliphatic heterocycles. The molecule has 4 nitrogen and oxygen atoms in total. The SMILES string of the molecule is CCCCCCCOCC[C@H]1OC[C@@H](CO)O1. The fourth-order valence-electron chi connectivity index (χ4n) is 1.84. The third-order valence-corrected chi connectivity index (χ3v) is 2.91. The summed E-state index contributed by atoms with van der Waals surface area (Å²) in [6, 6.07) is 0. The molecule has 0 amide bonds. The van der Waals surface area contributed by atoms with E-state index in [0.29, 0.717) is 13.2 Å². The minimum Gasteiger partial charge on any atom is -0.394 e. The van der Waals surface area contributed by atoms with E-state index in [1.807, 2.05) is 0 Å². The van der Waals surface area contributed by atoms with E-state index < -0.39 is 0 Å². The van der Waals surface area contributed by atoms with Crippen LogP contribution in [0.15, 0.2) is 0 Å². The smallest absolute Gasteiger partial charge is 0.160 e. The van der Waals surface area contributed by atoms with Crippen molar-refractivity contribution in [2.45, 2.75) is 57.8 Å². The Kier molecular flexibility index (Phi) is 8.61. The fraction of sp³-hybridized carbons (Fsp3) is 1.00. The highest BCUT2D eigenvalue weighted by molar-refractivity contribution is 4.63. The molecule has 102 valence electrons. The first kappa shape index (κ1) is 14.9. The molecule has 17 heavy (non-hydrogen) atoms. The summed E-state index contributed by atoms with van der Waals surface area (Å²) in [6.07, 6.45) is 6.75. The predicted molar refractivity (Wildman–Crippen MR) is 65.9 cm³/mol. The first-order valence-corrected chi connectivity index (χ1v) is 6.82. The van der Waals surface area contributed by atoms with Crippen molar-refractivity contribution in [3.05, 3.63) is 0 Å². The molecule has 2 atom stereocenters. The highest BCUT2D eigenvalue weighted by atomic mass is 16.7. The summed E-state index contributed by atoms with van der Waals surface area (Å²) in [5.74, 6) is 0. The molecule has 1 saturated heterocycles. The predicted octanol–water partition coefficient (Wildman–Crippen LogP) is 2.10. The van der Waals surface area contributed by atoms with Crippen molar-refractivity contribution < 1.29 is 19.3 Å². The van der Waals surface area contributed by atoms with E-state index in [-0.39, 0.29) is 19.0 Å². The van der Waals surface area contributed by atoms with Gasteiger partial charge in [-0.3, -0.25) is 0 Å². The van der Waals surface area contributed by atoms with Crippen LogP contribution in [0.1, 0.15) is 45.4 Å². The number of rotatable bonds is 10. The molecule has 0 aromatic heterocycles. The van der Waals surface area contributed by atoms with Crippen LogP contribution in [0.3, 0.4) is 0 Å². The summed E-state index contributed by atoms with van der Waals surface area (Å²) in [7, 11) is 0. The van der Waals surface area contributed by atoms with Crippen LogP contribution < -0.4 is 0 Å². The van der Waals surface area contributed by atoms with E-state index in [1.165, 1.54) is 25.7 Å². The first-order chi connectivity index (χ1) is 8.36. The van der Waals surface area contributed by atoms with Crippen molar-refractivity contribution in [2.75, 3.05) is 26.4 Å². The van der Waals surface area contributed by atoms with Crippen molar-refractivity contribution in [3.8, 4) is 0 Å². The molecule has 1 aliphatic rings. The van der Waals surface area contributed by atoms with Crippen molar-refractivity contribution in [3.63, 3.8) is 0 Å². The minimum atomic E-state index is -0.188. The lowest BCUT2D eigenvalue weighted by molar-refractivity contribution is -0.0810. The number of aliphatic hydroxyl groups is 1. The Hall–Kier alpha value is -0.160. The molecule has 4 heteroatoms. The van der Waals surface area contributed by atoms with Gasteiger partial charge in [0, 0.05) is 13.0 Å². The Bertz CT molecular complexity index is 175. The third kappa shape index (κ3) is 6.99. The van der Waals surface area contributed by atoms with E-state index >= 15 is 0 Å². The summed E-state index contributed by atoms with van der Waals surface area (Å²) in [5.41, 5.74) is 0. The molecule has 1 heterocycles. The minimum absolute atomic E-state index is 0.0365.